The molecule has 7 nitrogen and oxygen atoms in total. The number of benzene rings is 4. The summed E-state index contributed by atoms with van der Waals surface area (Å²) in [6.07, 6.45) is 0. The maximum Gasteiger partial charge on any atom is 0.337 e. The van der Waals surface area contributed by atoms with Crippen LogP contribution in [0, 0.1) is 11.6 Å². The number of azo groups is 1. The number of carboxylic acid groups (broad SMARTS) is 1. The molecule has 39 heavy (non-hydrogen) atoms. The monoisotopic (exact) mass is 527 g/mol. The van der Waals surface area contributed by atoms with Crippen molar-refractivity contribution in [3.63, 3.8) is 0 Å². The van der Waals surface area contributed by atoms with Crippen LogP contribution in [0.25, 0.3) is 27.7 Å². The molecule has 3 N–H and O–H groups in total. The minimum atomic E-state index is -1.30. The van der Waals surface area contributed by atoms with Crippen LogP contribution < -0.4 is 0 Å². The van der Waals surface area contributed by atoms with Crippen molar-refractivity contribution in [2.75, 3.05) is 0 Å². The van der Waals surface area contributed by atoms with Crippen LogP contribution >= 0.6 is 0 Å². The van der Waals surface area contributed by atoms with Crippen molar-refractivity contribution in [2.24, 2.45) is 10.2 Å². The molecule has 0 saturated heterocycles. The summed E-state index contributed by atoms with van der Waals surface area (Å²) in [4.78, 5) is 12.0. The van der Waals surface area contributed by atoms with Gasteiger partial charge in [-0.1, -0.05) is 56.3 Å². The van der Waals surface area contributed by atoms with Crippen molar-refractivity contribution in [1.82, 2.24) is 4.57 Å². The van der Waals surface area contributed by atoms with E-state index in [4.69, 9.17) is 0 Å². The molecule has 0 aliphatic heterocycles. The number of hydrogen-bond donors (Lipinski definition) is 3. The van der Waals surface area contributed by atoms with Gasteiger partial charge in [-0.15, -0.1) is 10.2 Å². The molecule has 0 saturated carbocycles. The summed E-state index contributed by atoms with van der Waals surface area (Å²) in [5.74, 6) is -3.47. The Morgan fingerprint density at radius 3 is 2.18 bits per heavy atom. The molecule has 1 aromatic heterocycles. The highest BCUT2D eigenvalue weighted by Crippen LogP contribution is 2.44. The maximum atomic E-state index is 15.1. The minimum Gasteiger partial charge on any atom is -0.507 e. The summed E-state index contributed by atoms with van der Waals surface area (Å²) >= 11 is 0. The number of para-hydroxylation sites is 1. The molecule has 0 atom stereocenters. The van der Waals surface area contributed by atoms with Crippen LogP contribution in [0.3, 0.4) is 0 Å². The van der Waals surface area contributed by atoms with Gasteiger partial charge >= 0.3 is 5.97 Å². The Bertz CT molecular complexity index is 1760. The first kappa shape index (κ1) is 25.6. The molecule has 5 aromatic rings. The van der Waals surface area contributed by atoms with E-state index < -0.39 is 23.5 Å². The quantitative estimate of drug-likeness (QED) is 0.193. The Morgan fingerprint density at radius 2 is 1.51 bits per heavy atom. The number of halogens is 2. The second kappa shape index (κ2) is 10.0. The number of aromatic nitrogens is 1. The van der Waals surface area contributed by atoms with Crippen LogP contribution in [0.4, 0.5) is 20.2 Å². The van der Waals surface area contributed by atoms with Gasteiger partial charge in [-0.25, -0.2) is 13.6 Å². The highest BCUT2D eigenvalue weighted by Gasteiger charge is 2.23. The Hall–Kier alpha value is -5.05. The van der Waals surface area contributed by atoms with E-state index in [1.165, 1.54) is 22.8 Å². The predicted molar refractivity (Wildman–Crippen MR) is 144 cm³/mol. The molecular weight excluding hydrogens is 504 g/mol. The van der Waals surface area contributed by atoms with Crippen molar-refractivity contribution in [1.29, 1.82) is 0 Å². The largest absolute Gasteiger partial charge is 0.507 e. The van der Waals surface area contributed by atoms with Gasteiger partial charge in [0, 0.05) is 28.3 Å². The van der Waals surface area contributed by atoms with Gasteiger partial charge in [0.15, 0.2) is 11.5 Å². The maximum absolute atomic E-state index is 15.1. The zero-order valence-electron chi connectivity index (χ0n) is 20.9. The molecule has 0 aliphatic carbocycles. The standard InChI is InChI=1S/C30H23F2N3O4/c1-16(2)17-10-12-19(13-11-17)35-28-23(14-18(31)15-24(28)32)27(29(35)37)34-33-26-21(7-5-8-22(26)30(38)39)20-6-3-4-9-25(20)36/h3-16,36-37H,1-2H3,(H,38,39). The Kier molecular flexibility index (Phi) is 6.57. The number of phenolic OH excluding ortho intramolecular Hbond substituents is 1. The van der Waals surface area contributed by atoms with Gasteiger partial charge in [0.25, 0.3) is 0 Å². The minimum absolute atomic E-state index is 0.0569. The van der Waals surface area contributed by atoms with E-state index in [9.17, 15) is 24.5 Å². The highest BCUT2D eigenvalue weighted by atomic mass is 19.1. The third kappa shape index (κ3) is 4.59. The van der Waals surface area contributed by atoms with Crippen LogP contribution in [0.1, 0.15) is 35.7 Å². The smallest absolute Gasteiger partial charge is 0.337 e. The Labute approximate surface area is 221 Å². The van der Waals surface area contributed by atoms with Gasteiger partial charge in [-0.05, 0) is 41.8 Å². The van der Waals surface area contributed by atoms with Crippen LogP contribution in [-0.4, -0.2) is 25.9 Å². The number of aromatic hydroxyl groups is 2. The first-order valence-corrected chi connectivity index (χ1v) is 12.1. The summed E-state index contributed by atoms with van der Waals surface area (Å²) < 4.78 is 30.6. The topological polar surface area (TPSA) is 107 Å². The van der Waals surface area contributed by atoms with Crippen molar-refractivity contribution >= 4 is 28.2 Å². The number of nitrogens with zero attached hydrogens (tertiary/aromatic N) is 3. The zero-order chi connectivity index (χ0) is 27.8. The Morgan fingerprint density at radius 1 is 0.846 bits per heavy atom. The van der Waals surface area contributed by atoms with E-state index in [1.54, 1.807) is 36.4 Å². The molecule has 0 bridgehead atoms. The van der Waals surface area contributed by atoms with E-state index >= 15 is 4.39 Å². The summed E-state index contributed by atoms with van der Waals surface area (Å²) in [7, 11) is 0. The summed E-state index contributed by atoms with van der Waals surface area (Å²) in [6.45, 7) is 4.05. The van der Waals surface area contributed by atoms with Crippen molar-refractivity contribution < 1.29 is 28.9 Å². The molecule has 196 valence electrons. The third-order valence-electron chi connectivity index (χ3n) is 6.46. The first-order valence-electron chi connectivity index (χ1n) is 12.1. The average molecular weight is 528 g/mol. The van der Waals surface area contributed by atoms with Gasteiger partial charge in [-0.3, -0.25) is 4.57 Å². The van der Waals surface area contributed by atoms with Crippen LogP contribution in [-0.2, 0) is 0 Å². The fraction of sp³-hybridized carbons (Fsp3) is 0.100. The lowest BCUT2D eigenvalue weighted by Gasteiger charge is -2.10. The van der Waals surface area contributed by atoms with Gasteiger partial charge in [-0.2, -0.15) is 0 Å². The van der Waals surface area contributed by atoms with Gasteiger partial charge in [0.05, 0.1) is 11.1 Å². The first-order chi connectivity index (χ1) is 18.7. The van der Waals surface area contributed by atoms with E-state index in [0.29, 0.717) is 17.3 Å². The lowest BCUT2D eigenvalue weighted by Crippen LogP contribution is -1.97. The van der Waals surface area contributed by atoms with Crippen molar-refractivity contribution in [3.05, 3.63) is 102 Å². The van der Waals surface area contributed by atoms with Crippen LogP contribution in [0.5, 0.6) is 11.6 Å². The predicted octanol–water partition coefficient (Wildman–Crippen LogP) is 8.22. The highest BCUT2D eigenvalue weighted by molar-refractivity contribution is 5.99. The SMILES string of the molecule is CC(C)c1ccc(-n2c(O)c(N=Nc3c(C(=O)O)cccc3-c3ccccc3O)c3cc(F)cc(F)c32)cc1. The van der Waals surface area contributed by atoms with Gasteiger partial charge in [0.1, 0.15) is 17.3 Å². The number of fused-ring (bicyclic) bond motifs is 1. The zero-order valence-corrected chi connectivity index (χ0v) is 20.9. The summed E-state index contributed by atoms with van der Waals surface area (Å²) in [5.41, 5.74) is 1.32. The number of carboxylic acids is 1. The van der Waals surface area contributed by atoms with Crippen LogP contribution in [0.15, 0.2) is 89.1 Å². The number of aromatic carboxylic acids is 1. The van der Waals surface area contributed by atoms with Crippen molar-refractivity contribution in [2.45, 2.75) is 19.8 Å². The number of phenols is 1. The van der Waals surface area contributed by atoms with E-state index in [0.717, 1.165) is 11.6 Å². The second-order valence-electron chi connectivity index (χ2n) is 9.26. The molecule has 0 radical (unpaired) electrons. The fourth-order valence-electron chi connectivity index (χ4n) is 4.51. The lowest BCUT2D eigenvalue weighted by atomic mass is 9.99. The van der Waals surface area contributed by atoms with E-state index in [1.807, 2.05) is 26.0 Å². The van der Waals surface area contributed by atoms with Gasteiger partial charge in [0.2, 0.25) is 5.88 Å². The molecule has 0 fully saturated rings. The molecule has 0 amide bonds. The van der Waals surface area contributed by atoms with Crippen molar-refractivity contribution in [3.8, 4) is 28.4 Å². The summed E-state index contributed by atoms with van der Waals surface area (Å²) in [6, 6.07) is 19.5. The number of carbonyl (C=O) groups is 1. The third-order valence-corrected chi connectivity index (χ3v) is 6.46. The molecule has 1 heterocycles. The normalized spacial score (nSPS) is 11.6. The molecule has 0 unspecified atom stereocenters. The molecular formula is C30H23F2N3O4. The summed E-state index contributed by atoms with van der Waals surface area (Å²) in [5, 5.41) is 39.6. The molecule has 4 aromatic carbocycles. The average Bonchev–Trinajstić information content (AvgIpc) is 3.18. The molecule has 5 rings (SSSR count). The molecule has 9 heteroatoms. The van der Waals surface area contributed by atoms with Crippen LogP contribution in [0.2, 0.25) is 0 Å². The fourth-order valence-corrected chi connectivity index (χ4v) is 4.51. The van der Waals surface area contributed by atoms with E-state index in [-0.39, 0.29) is 45.1 Å². The second-order valence-corrected chi connectivity index (χ2v) is 9.26. The van der Waals surface area contributed by atoms with E-state index in [2.05, 4.69) is 10.2 Å². The Balaban J connectivity index is 1.74. The number of hydrogen-bond acceptors (Lipinski definition) is 5. The van der Waals surface area contributed by atoms with Gasteiger partial charge < -0.3 is 15.3 Å². The molecule has 0 aliphatic rings. The molecule has 0 spiro atoms. The number of rotatable bonds is 6. The lowest BCUT2D eigenvalue weighted by molar-refractivity contribution is 0.0697.